The number of nitrogens with zero attached hydrogens (tertiary/aromatic N) is 1. The molecule has 38 heavy (non-hydrogen) atoms. The molecule has 222 valence electrons. The number of hydrogen-bond acceptors (Lipinski definition) is 7. The maximum atomic E-state index is 12.4. The molecule has 1 aliphatic rings. The van der Waals surface area contributed by atoms with Gasteiger partial charge in [-0.2, -0.15) is 0 Å². The molecule has 0 aromatic heterocycles. The number of nitrogens with one attached hydrogen (secondary N) is 1. The Morgan fingerprint density at radius 2 is 1.55 bits per heavy atom. The Balaban J connectivity index is 2.31. The largest absolute Gasteiger partial charge is 0.447 e. The summed E-state index contributed by atoms with van der Waals surface area (Å²) in [6.07, 6.45) is 7.15. The Bertz CT molecular complexity index is 787. The molecule has 2 atom stereocenters. The Morgan fingerprint density at radius 3 is 2.13 bits per heavy atom. The molecule has 0 radical (unpaired) electrons. The van der Waals surface area contributed by atoms with Crippen LogP contribution >= 0.6 is 0 Å². The first-order chi connectivity index (χ1) is 17.4. The minimum atomic E-state index is -2.17. The van der Waals surface area contributed by atoms with Crippen molar-refractivity contribution in [1.29, 1.82) is 0 Å². The lowest BCUT2D eigenvalue weighted by Gasteiger charge is -2.45. The number of aliphatic imine (C=N–C) groups is 1. The van der Waals surface area contributed by atoms with Gasteiger partial charge in [-0.15, -0.1) is 0 Å². The third kappa shape index (κ3) is 15.1. The van der Waals surface area contributed by atoms with Gasteiger partial charge in [-0.1, -0.05) is 40.5 Å². The van der Waals surface area contributed by atoms with Crippen LogP contribution in [0.3, 0.4) is 0 Å². The number of rotatable bonds is 17. The van der Waals surface area contributed by atoms with Crippen LogP contribution in [0.1, 0.15) is 66.2 Å². The molecule has 1 amide bonds. The van der Waals surface area contributed by atoms with Crippen LogP contribution in [0.5, 0.6) is 0 Å². The van der Waals surface area contributed by atoms with Crippen molar-refractivity contribution in [1.82, 2.24) is 5.32 Å². The number of alkyl carbamates (subject to hydrolysis) is 1. The predicted molar refractivity (Wildman–Crippen MR) is 162 cm³/mol. The van der Waals surface area contributed by atoms with Crippen LogP contribution in [-0.4, -0.2) is 69.8 Å². The highest BCUT2D eigenvalue weighted by Crippen LogP contribution is 2.46. The van der Waals surface area contributed by atoms with Crippen molar-refractivity contribution < 1.29 is 27.3 Å². The zero-order chi connectivity index (χ0) is 29.1. The maximum absolute atomic E-state index is 12.4. The summed E-state index contributed by atoms with van der Waals surface area (Å²) in [5, 5.41) is 3.00. The van der Waals surface area contributed by atoms with Crippen molar-refractivity contribution in [2.75, 3.05) is 26.4 Å². The fourth-order valence-electron chi connectivity index (χ4n) is 6.24. The van der Waals surface area contributed by atoms with Crippen LogP contribution in [0.2, 0.25) is 51.4 Å². The SMILES string of the molecule is CCCC[Si](C)(C)O[Si](C)(C)O[Si](C)(C)CCCOCCOC(=O)NC1CC(C)(C)CC(C)(CN=C=O)C1. The summed E-state index contributed by atoms with van der Waals surface area (Å²) in [6, 6.07) is 2.19. The predicted octanol–water partition coefficient (Wildman–Crippen LogP) is 6.99. The fourth-order valence-corrected chi connectivity index (χ4v) is 20.4. The number of ether oxygens (including phenoxy) is 2. The zero-order valence-corrected chi connectivity index (χ0v) is 29.0. The van der Waals surface area contributed by atoms with E-state index in [1.54, 1.807) is 6.08 Å². The van der Waals surface area contributed by atoms with Crippen molar-refractivity contribution in [2.24, 2.45) is 15.8 Å². The molecule has 0 spiro atoms. The van der Waals surface area contributed by atoms with E-state index in [0.717, 1.165) is 31.7 Å². The molecule has 0 saturated heterocycles. The summed E-state index contributed by atoms with van der Waals surface area (Å²) in [5.74, 6) is 0. The van der Waals surface area contributed by atoms with Gasteiger partial charge in [0.2, 0.25) is 6.08 Å². The fraction of sp³-hybridized carbons (Fsp3) is 0.926. The zero-order valence-electron chi connectivity index (χ0n) is 26.0. The minimum absolute atomic E-state index is 0.0112. The van der Waals surface area contributed by atoms with Crippen LogP contribution in [-0.2, 0) is 22.5 Å². The number of hydrogen-bond donors (Lipinski definition) is 1. The molecule has 0 aromatic carbocycles. The molecule has 1 fully saturated rings. The average molecular weight is 589 g/mol. The Morgan fingerprint density at radius 1 is 0.947 bits per heavy atom. The highest BCUT2D eigenvalue weighted by Gasteiger charge is 2.42. The molecule has 0 bridgehead atoms. The normalized spacial score (nSPS) is 22.0. The number of isocyanates is 1. The van der Waals surface area contributed by atoms with Gasteiger partial charge < -0.3 is 23.0 Å². The van der Waals surface area contributed by atoms with Crippen LogP contribution in [0.25, 0.3) is 0 Å². The lowest BCUT2D eigenvalue weighted by atomic mass is 9.62. The quantitative estimate of drug-likeness (QED) is 0.0852. The van der Waals surface area contributed by atoms with Crippen LogP contribution in [0, 0.1) is 10.8 Å². The number of unbranched alkanes of at least 4 members (excludes halogenated alkanes) is 1. The number of amides is 1. The summed E-state index contributed by atoms with van der Waals surface area (Å²) in [5.41, 5.74) is -0.0949. The van der Waals surface area contributed by atoms with Gasteiger partial charge in [0.25, 0.3) is 0 Å². The molecular formula is C27H56N2O6Si3. The van der Waals surface area contributed by atoms with Gasteiger partial charge in [-0.3, -0.25) is 0 Å². The van der Waals surface area contributed by atoms with Gasteiger partial charge in [0.1, 0.15) is 6.61 Å². The third-order valence-electron chi connectivity index (χ3n) is 7.00. The summed E-state index contributed by atoms with van der Waals surface area (Å²) in [7, 11) is -5.71. The second kappa shape index (κ2) is 15.3. The molecule has 0 heterocycles. The first-order valence-corrected chi connectivity index (χ1v) is 23.4. The first-order valence-electron chi connectivity index (χ1n) is 14.4. The highest BCUT2D eigenvalue weighted by molar-refractivity contribution is 6.87. The molecule has 8 nitrogen and oxygen atoms in total. The molecule has 2 unspecified atom stereocenters. The summed E-state index contributed by atoms with van der Waals surface area (Å²) in [4.78, 5) is 26.8. The summed E-state index contributed by atoms with van der Waals surface area (Å²) >= 11 is 0. The highest BCUT2D eigenvalue weighted by atomic mass is 28.5. The second-order valence-corrected chi connectivity index (χ2v) is 26.4. The smallest absolute Gasteiger partial charge is 0.407 e. The Hall–Kier alpha value is -0.819. The van der Waals surface area contributed by atoms with Crippen molar-refractivity contribution in [3.05, 3.63) is 0 Å². The van der Waals surface area contributed by atoms with Gasteiger partial charge in [-0.25, -0.2) is 14.6 Å². The molecular weight excluding hydrogens is 533 g/mol. The van der Waals surface area contributed by atoms with Crippen LogP contribution in [0.15, 0.2) is 4.99 Å². The molecule has 1 aliphatic carbocycles. The summed E-state index contributed by atoms with van der Waals surface area (Å²) < 4.78 is 24.4. The van der Waals surface area contributed by atoms with E-state index in [-0.39, 0.29) is 23.5 Å². The van der Waals surface area contributed by atoms with E-state index >= 15 is 0 Å². The Kier molecular flexibility index (Phi) is 14.1. The van der Waals surface area contributed by atoms with Gasteiger partial charge in [0, 0.05) is 12.6 Å². The van der Waals surface area contributed by atoms with Gasteiger partial charge in [0.15, 0.2) is 16.6 Å². The molecule has 11 heteroatoms. The third-order valence-corrected chi connectivity index (χ3v) is 18.5. The van der Waals surface area contributed by atoms with Crippen molar-refractivity contribution in [2.45, 2.75) is 124 Å². The van der Waals surface area contributed by atoms with E-state index in [4.69, 9.17) is 17.7 Å². The second-order valence-electron chi connectivity index (χ2n) is 13.9. The van der Waals surface area contributed by atoms with Crippen molar-refractivity contribution >= 4 is 37.4 Å². The van der Waals surface area contributed by atoms with E-state index in [1.165, 1.54) is 18.9 Å². The standard InChI is InChI=1S/C27H56N2O6Si3/c1-11-12-17-36(5,6)34-38(9,10)35-37(7,8)18-13-14-32-15-16-33-25(31)29-24-19-26(2,3)21-27(4,20-24)22-28-23-30/h24H,11-22H2,1-10H3,(H,29,31). The van der Waals surface area contributed by atoms with E-state index in [0.29, 0.717) is 19.8 Å². The van der Waals surface area contributed by atoms with Crippen LogP contribution < -0.4 is 5.32 Å². The van der Waals surface area contributed by atoms with Crippen molar-refractivity contribution in [3.8, 4) is 0 Å². The number of carbonyl (C=O) groups is 1. The maximum Gasteiger partial charge on any atom is 0.407 e. The molecule has 0 aromatic rings. The minimum Gasteiger partial charge on any atom is -0.447 e. The van der Waals surface area contributed by atoms with E-state index < -0.39 is 31.3 Å². The van der Waals surface area contributed by atoms with Crippen molar-refractivity contribution in [3.63, 3.8) is 0 Å². The molecule has 1 saturated carbocycles. The molecule has 0 aliphatic heterocycles. The summed E-state index contributed by atoms with van der Waals surface area (Å²) in [6.45, 7) is 23.9. The van der Waals surface area contributed by atoms with Crippen LogP contribution in [0.4, 0.5) is 4.79 Å². The first kappa shape index (κ1) is 35.2. The monoisotopic (exact) mass is 588 g/mol. The van der Waals surface area contributed by atoms with E-state index in [9.17, 15) is 9.59 Å². The van der Waals surface area contributed by atoms with E-state index in [2.05, 4.69) is 77.3 Å². The topological polar surface area (TPSA) is 95.4 Å². The van der Waals surface area contributed by atoms with Gasteiger partial charge >= 0.3 is 14.7 Å². The van der Waals surface area contributed by atoms with Gasteiger partial charge in [-0.05, 0) is 87.9 Å². The van der Waals surface area contributed by atoms with E-state index in [1.807, 2.05) is 0 Å². The van der Waals surface area contributed by atoms with Gasteiger partial charge in [0.05, 0.1) is 13.2 Å². The average Bonchev–Trinajstić information content (AvgIpc) is 2.72. The molecule has 1 rings (SSSR count). The molecule has 1 N–H and O–H groups in total. The lowest BCUT2D eigenvalue weighted by Crippen LogP contribution is -2.52. The lowest BCUT2D eigenvalue weighted by molar-refractivity contribution is 0.0560. The Labute approximate surface area is 235 Å². The number of carbonyl (C=O) groups excluding carboxylic acids is 2.